The van der Waals surface area contributed by atoms with Crippen molar-refractivity contribution in [2.75, 3.05) is 11.9 Å². The molecule has 0 bridgehead atoms. The van der Waals surface area contributed by atoms with Crippen LogP contribution in [-0.4, -0.2) is 23.3 Å². The molecule has 1 aromatic heterocycles. The smallest absolute Gasteiger partial charge is 0.226 e. The first-order chi connectivity index (χ1) is 13.0. The second-order valence-electron chi connectivity index (χ2n) is 6.28. The lowest BCUT2D eigenvalue weighted by molar-refractivity contribution is -0.120. The molecule has 0 saturated carbocycles. The summed E-state index contributed by atoms with van der Waals surface area (Å²) >= 11 is 3.39. The zero-order valence-corrected chi connectivity index (χ0v) is 16.5. The van der Waals surface area contributed by atoms with E-state index in [-0.39, 0.29) is 31.2 Å². The Morgan fingerprint density at radius 2 is 1.89 bits per heavy atom. The molecular formula is C21H20BrN3O2. The van der Waals surface area contributed by atoms with E-state index in [2.05, 4.69) is 31.5 Å². The SMILES string of the molecule is Cc1ccc(Br)cc1NC(=O)CCNC(=O)Cc1cccc2cccnc12. The summed E-state index contributed by atoms with van der Waals surface area (Å²) in [6.07, 6.45) is 2.17. The fraction of sp³-hybridized carbons (Fsp3) is 0.190. The molecule has 2 aromatic carbocycles. The summed E-state index contributed by atoms with van der Waals surface area (Å²) < 4.78 is 0.903. The van der Waals surface area contributed by atoms with Crippen LogP contribution in [0.3, 0.4) is 0 Å². The summed E-state index contributed by atoms with van der Waals surface area (Å²) in [5.41, 5.74) is 3.46. The van der Waals surface area contributed by atoms with E-state index in [1.807, 2.05) is 55.5 Å². The van der Waals surface area contributed by atoms with Crippen LogP contribution in [0.1, 0.15) is 17.5 Å². The molecule has 3 aromatic rings. The van der Waals surface area contributed by atoms with Gasteiger partial charge in [0.2, 0.25) is 11.8 Å². The van der Waals surface area contributed by atoms with E-state index in [4.69, 9.17) is 0 Å². The van der Waals surface area contributed by atoms with Crippen LogP contribution in [0.2, 0.25) is 0 Å². The third-order valence-electron chi connectivity index (χ3n) is 4.22. The second-order valence-corrected chi connectivity index (χ2v) is 7.19. The number of amides is 2. The quantitative estimate of drug-likeness (QED) is 0.626. The Kier molecular flexibility index (Phi) is 6.19. The van der Waals surface area contributed by atoms with E-state index in [1.54, 1.807) is 6.20 Å². The number of pyridine rings is 1. The summed E-state index contributed by atoms with van der Waals surface area (Å²) in [5, 5.41) is 6.68. The van der Waals surface area contributed by atoms with Gasteiger partial charge < -0.3 is 10.6 Å². The highest BCUT2D eigenvalue weighted by molar-refractivity contribution is 9.10. The molecule has 3 rings (SSSR count). The molecule has 27 heavy (non-hydrogen) atoms. The van der Waals surface area contributed by atoms with Gasteiger partial charge in [-0.1, -0.05) is 46.3 Å². The minimum absolute atomic E-state index is 0.125. The standard InChI is InChI=1S/C21H20BrN3O2/c1-14-7-8-17(22)13-18(14)25-19(26)9-11-23-20(27)12-16-5-2-4-15-6-3-10-24-21(15)16/h2-8,10,13H,9,11-12H2,1H3,(H,23,27)(H,25,26). The Balaban J connectivity index is 1.50. The number of halogens is 1. The molecule has 1 heterocycles. The lowest BCUT2D eigenvalue weighted by atomic mass is 10.1. The van der Waals surface area contributed by atoms with Gasteiger partial charge in [0, 0.05) is 34.7 Å². The van der Waals surface area contributed by atoms with Crippen molar-refractivity contribution < 1.29 is 9.59 Å². The first-order valence-corrected chi connectivity index (χ1v) is 9.47. The number of aryl methyl sites for hydroxylation is 1. The van der Waals surface area contributed by atoms with Crippen LogP contribution in [0.25, 0.3) is 10.9 Å². The molecule has 0 aliphatic heterocycles. The lowest BCUT2D eigenvalue weighted by Gasteiger charge is -2.10. The van der Waals surface area contributed by atoms with Crippen molar-refractivity contribution in [2.24, 2.45) is 0 Å². The lowest BCUT2D eigenvalue weighted by Crippen LogP contribution is -2.29. The van der Waals surface area contributed by atoms with Gasteiger partial charge in [0.25, 0.3) is 0 Å². The number of hydrogen-bond donors (Lipinski definition) is 2. The Hall–Kier alpha value is -2.73. The maximum atomic E-state index is 12.2. The molecule has 2 amide bonds. The number of carbonyl (C=O) groups is 2. The van der Waals surface area contributed by atoms with Crippen LogP contribution in [-0.2, 0) is 16.0 Å². The number of benzene rings is 2. The molecule has 0 fully saturated rings. The highest BCUT2D eigenvalue weighted by Gasteiger charge is 2.09. The maximum absolute atomic E-state index is 12.2. The third-order valence-corrected chi connectivity index (χ3v) is 4.71. The number of rotatable bonds is 6. The van der Waals surface area contributed by atoms with Crippen molar-refractivity contribution in [2.45, 2.75) is 19.8 Å². The van der Waals surface area contributed by atoms with Gasteiger partial charge >= 0.3 is 0 Å². The van der Waals surface area contributed by atoms with E-state index in [0.717, 1.165) is 32.2 Å². The van der Waals surface area contributed by atoms with Crippen LogP contribution in [0, 0.1) is 6.92 Å². The van der Waals surface area contributed by atoms with Crippen molar-refractivity contribution in [1.82, 2.24) is 10.3 Å². The fourth-order valence-electron chi connectivity index (χ4n) is 2.80. The molecule has 0 atom stereocenters. The molecule has 0 aliphatic carbocycles. The Labute approximate surface area is 166 Å². The normalized spacial score (nSPS) is 10.6. The van der Waals surface area contributed by atoms with Gasteiger partial charge in [-0.15, -0.1) is 0 Å². The summed E-state index contributed by atoms with van der Waals surface area (Å²) in [5.74, 6) is -0.261. The molecule has 2 N–H and O–H groups in total. The number of nitrogens with zero attached hydrogens (tertiary/aromatic N) is 1. The number of aromatic nitrogens is 1. The van der Waals surface area contributed by atoms with Crippen LogP contribution >= 0.6 is 15.9 Å². The number of hydrogen-bond acceptors (Lipinski definition) is 3. The second kappa shape index (κ2) is 8.77. The van der Waals surface area contributed by atoms with E-state index in [1.165, 1.54) is 0 Å². The van der Waals surface area contributed by atoms with Gasteiger partial charge in [0.1, 0.15) is 0 Å². The van der Waals surface area contributed by atoms with Crippen LogP contribution < -0.4 is 10.6 Å². The third kappa shape index (κ3) is 5.14. The summed E-state index contributed by atoms with van der Waals surface area (Å²) in [4.78, 5) is 28.7. The van der Waals surface area contributed by atoms with Crippen molar-refractivity contribution in [3.63, 3.8) is 0 Å². The van der Waals surface area contributed by atoms with Crippen molar-refractivity contribution >= 4 is 44.3 Å². The molecular weight excluding hydrogens is 406 g/mol. The number of anilines is 1. The molecule has 0 unspecified atom stereocenters. The number of para-hydroxylation sites is 1. The highest BCUT2D eigenvalue weighted by atomic mass is 79.9. The molecule has 0 radical (unpaired) electrons. The number of nitrogens with one attached hydrogen (secondary N) is 2. The van der Waals surface area contributed by atoms with Gasteiger partial charge in [-0.2, -0.15) is 0 Å². The average Bonchev–Trinajstić information content (AvgIpc) is 2.65. The predicted octanol–water partition coefficient (Wildman–Crippen LogP) is 3.99. The van der Waals surface area contributed by atoms with E-state index in [0.29, 0.717) is 0 Å². The summed E-state index contributed by atoms with van der Waals surface area (Å²) in [6, 6.07) is 15.3. The molecule has 6 heteroatoms. The Morgan fingerprint density at radius 1 is 1.07 bits per heavy atom. The maximum Gasteiger partial charge on any atom is 0.226 e. The first kappa shape index (κ1) is 19.0. The summed E-state index contributed by atoms with van der Waals surface area (Å²) in [6.45, 7) is 2.22. The van der Waals surface area contributed by atoms with Crippen molar-refractivity contribution in [3.05, 3.63) is 70.3 Å². The molecule has 5 nitrogen and oxygen atoms in total. The molecule has 0 aliphatic rings. The van der Waals surface area contributed by atoms with Crippen LogP contribution in [0.15, 0.2) is 59.2 Å². The predicted molar refractivity (Wildman–Crippen MR) is 111 cm³/mol. The average molecular weight is 426 g/mol. The van der Waals surface area contributed by atoms with Crippen molar-refractivity contribution in [1.29, 1.82) is 0 Å². The topological polar surface area (TPSA) is 71.1 Å². The monoisotopic (exact) mass is 425 g/mol. The van der Waals surface area contributed by atoms with Gasteiger partial charge in [-0.25, -0.2) is 0 Å². The van der Waals surface area contributed by atoms with E-state index < -0.39 is 0 Å². The molecule has 0 spiro atoms. The van der Waals surface area contributed by atoms with Gasteiger partial charge in [-0.3, -0.25) is 14.6 Å². The zero-order chi connectivity index (χ0) is 19.2. The minimum Gasteiger partial charge on any atom is -0.355 e. The molecule has 138 valence electrons. The largest absolute Gasteiger partial charge is 0.355 e. The van der Waals surface area contributed by atoms with Crippen LogP contribution in [0.4, 0.5) is 5.69 Å². The number of fused-ring (bicyclic) bond motifs is 1. The van der Waals surface area contributed by atoms with Crippen LogP contribution in [0.5, 0.6) is 0 Å². The van der Waals surface area contributed by atoms with Gasteiger partial charge in [-0.05, 0) is 36.2 Å². The van der Waals surface area contributed by atoms with Gasteiger partial charge in [0.15, 0.2) is 0 Å². The Bertz CT molecular complexity index is 983. The van der Waals surface area contributed by atoms with Crippen molar-refractivity contribution in [3.8, 4) is 0 Å². The first-order valence-electron chi connectivity index (χ1n) is 8.68. The van der Waals surface area contributed by atoms with E-state index >= 15 is 0 Å². The fourth-order valence-corrected chi connectivity index (χ4v) is 3.16. The Morgan fingerprint density at radius 3 is 2.74 bits per heavy atom. The highest BCUT2D eigenvalue weighted by Crippen LogP contribution is 2.20. The zero-order valence-electron chi connectivity index (χ0n) is 15.0. The van der Waals surface area contributed by atoms with Gasteiger partial charge in [0.05, 0.1) is 11.9 Å². The van der Waals surface area contributed by atoms with E-state index in [9.17, 15) is 9.59 Å². The minimum atomic E-state index is -0.136. The number of carbonyl (C=O) groups excluding carboxylic acids is 2. The summed E-state index contributed by atoms with van der Waals surface area (Å²) in [7, 11) is 0. The molecule has 0 saturated heterocycles.